The third-order valence-corrected chi connectivity index (χ3v) is 4.10. The number of rotatable bonds is 10. The molecule has 6 nitrogen and oxygen atoms in total. The monoisotopic (exact) mass is 498 g/mol. The van der Waals surface area contributed by atoms with Crippen LogP contribution in [0.2, 0.25) is 0 Å². The number of pyridine rings is 1. The summed E-state index contributed by atoms with van der Waals surface area (Å²) < 4.78 is 7.49. The number of aliphatic imine (C=N–C) groups is 1. The number of hydrogen-bond donors (Lipinski definition) is 1. The number of unbranched alkanes of at least 4 members (excludes halogenated alkanes) is 1. The number of ether oxygens (including phenoxy) is 1. The van der Waals surface area contributed by atoms with Crippen LogP contribution in [0, 0.1) is 0 Å². The molecule has 0 radical (unpaired) electrons. The molecule has 1 heterocycles. The standard InChI is InChI=1S/C21H30N4O2.HI/c1-3-22-21(24(2)17-18-27-19-11-5-4-6-12-19)23-14-8-10-16-25-15-9-7-13-20(25)26;/h4-7,9,11-13,15H,3,8,10,14,16-18H2,1-2H3,(H,22,23);1H. The zero-order chi connectivity index (χ0) is 19.3. The van der Waals surface area contributed by atoms with Crippen LogP contribution in [0.5, 0.6) is 5.75 Å². The summed E-state index contributed by atoms with van der Waals surface area (Å²) in [5.74, 6) is 1.76. The second-order valence-corrected chi connectivity index (χ2v) is 6.26. The topological polar surface area (TPSA) is 58.9 Å². The molecule has 2 aromatic rings. The number of aromatic nitrogens is 1. The quantitative estimate of drug-likeness (QED) is 0.237. The molecule has 2 rings (SSSR count). The minimum atomic E-state index is 0. The van der Waals surface area contributed by atoms with Crippen molar-refractivity contribution in [3.8, 4) is 5.75 Å². The lowest BCUT2D eigenvalue weighted by Crippen LogP contribution is -2.41. The van der Waals surface area contributed by atoms with Crippen LogP contribution in [0.3, 0.4) is 0 Å². The average Bonchev–Trinajstić information content (AvgIpc) is 2.69. The van der Waals surface area contributed by atoms with Gasteiger partial charge in [-0.25, -0.2) is 0 Å². The van der Waals surface area contributed by atoms with Crippen molar-refractivity contribution < 1.29 is 4.74 Å². The maximum atomic E-state index is 11.7. The SMILES string of the molecule is CCNC(=NCCCCn1ccccc1=O)N(C)CCOc1ccccc1.I. The van der Waals surface area contributed by atoms with Crippen molar-refractivity contribution in [1.29, 1.82) is 0 Å². The summed E-state index contributed by atoms with van der Waals surface area (Å²) in [6, 6.07) is 15.1. The zero-order valence-electron chi connectivity index (χ0n) is 16.7. The molecular formula is C21H31IN4O2. The van der Waals surface area contributed by atoms with Crippen molar-refractivity contribution in [2.24, 2.45) is 4.99 Å². The first-order chi connectivity index (χ1) is 13.2. The molecule has 0 saturated heterocycles. The molecule has 1 aromatic heterocycles. The van der Waals surface area contributed by atoms with Crippen molar-refractivity contribution in [3.63, 3.8) is 0 Å². The molecule has 0 atom stereocenters. The molecule has 0 bridgehead atoms. The summed E-state index contributed by atoms with van der Waals surface area (Å²) in [4.78, 5) is 18.4. The number of aryl methyl sites for hydroxylation is 1. The van der Waals surface area contributed by atoms with Gasteiger partial charge in [0.05, 0.1) is 6.54 Å². The molecule has 0 fully saturated rings. The van der Waals surface area contributed by atoms with Crippen molar-refractivity contribution >= 4 is 29.9 Å². The Morgan fingerprint density at radius 3 is 2.61 bits per heavy atom. The number of halogens is 1. The van der Waals surface area contributed by atoms with Gasteiger partial charge in [0.15, 0.2) is 5.96 Å². The van der Waals surface area contributed by atoms with Crippen LogP contribution in [0.1, 0.15) is 19.8 Å². The van der Waals surface area contributed by atoms with Gasteiger partial charge in [-0.1, -0.05) is 24.3 Å². The summed E-state index contributed by atoms with van der Waals surface area (Å²) >= 11 is 0. The lowest BCUT2D eigenvalue weighted by Gasteiger charge is -2.22. The first kappa shape index (κ1) is 24.0. The Labute approximate surface area is 184 Å². The van der Waals surface area contributed by atoms with E-state index in [0.29, 0.717) is 6.61 Å². The van der Waals surface area contributed by atoms with Gasteiger partial charge in [0, 0.05) is 38.9 Å². The number of likely N-dealkylation sites (N-methyl/N-ethyl adjacent to an activating group) is 1. The fourth-order valence-corrected chi connectivity index (χ4v) is 2.62. The number of nitrogens with zero attached hydrogens (tertiary/aromatic N) is 3. The summed E-state index contributed by atoms with van der Waals surface area (Å²) in [7, 11) is 2.01. The molecular weight excluding hydrogens is 467 g/mol. The van der Waals surface area contributed by atoms with Gasteiger partial charge in [-0.15, -0.1) is 24.0 Å². The fraction of sp³-hybridized carbons (Fsp3) is 0.429. The maximum absolute atomic E-state index is 11.7. The van der Waals surface area contributed by atoms with Crippen LogP contribution in [0.25, 0.3) is 0 Å². The molecule has 0 aliphatic heterocycles. The van der Waals surface area contributed by atoms with Gasteiger partial charge in [0.25, 0.3) is 0 Å². The summed E-state index contributed by atoms with van der Waals surface area (Å²) in [5, 5.41) is 3.31. The van der Waals surface area contributed by atoms with Crippen LogP contribution >= 0.6 is 24.0 Å². The molecule has 1 aromatic carbocycles. The summed E-state index contributed by atoms with van der Waals surface area (Å²) in [6.07, 6.45) is 3.69. The van der Waals surface area contributed by atoms with E-state index in [4.69, 9.17) is 4.74 Å². The third-order valence-electron chi connectivity index (χ3n) is 4.10. The lowest BCUT2D eigenvalue weighted by molar-refractivity contribution is 0.281. The van der Waals surface area contributed by atoms with Gasteiger partial charge >= 0.3 is 0 Å². The van der Waals surface area contributed by atoms with Gasteiger partial charge in [-0.2, -0.15) is 0 Å². The number of benzene rings is 1. The minimum Gasteiger partial charge on any atom is -0.492 e. The Balaban J connectivity index is 0.00000392. The van der Waals surface area contributed by atoms with Crippen LogP contribution < -0.4 is 15.6 Å². The van der Waals surface area contributed by atoms with Crippen LogP contribution in [0.15, 0.2) is 64.5 Å². The third kappa shape index (κ3) is 8.77. The Morgan fingerprint density at radius 2 is 1.89 bits per heavy atom. The van der Waals surface area contributed by atoms with Crippen molar-refractivity contribution in [3.05, 3.63) is 65.1 Å². The Kier molecular flexibility index (Phi) is 12.0. The Hall–Kier alpha value is -2.03. The van der Waals surface area contributed by atoms with Crippen LogP contribution in [-0.2, 0) is 6.54 Å². The van der Waals surface area contributed by atoms with E-state index in [9.17, 15) is 4.79 Å². The van der Waals surface area contributed by atoms with Gasteiger partial charge in [-0.3, -0.25) is 9.79 Å². The average molecular weight is 498 g/mol. The Morgan fingerprint density at radius 1 is 1.14 bits per heavy atom. The number of nitrogens with one attached hydrogen (secondary N) is 1. The van der Waals surface area contributed by atoms with Gasteiger partial charge in [0.2, 0.25) is 5.56 Å². The molecule has 154 valence electrons. The molecule has 7 heteroatoms. The zero-order valence-corrected chi connectivity index (χ0v) is 19.0. The normalized spacial score (nSPS) is 10.9. The van der Waals surface area contributed by atoms with E-state index in [1.165, 1.54) is 0 Å². The highest BCUT2D eigenvalue weighted by Gasteiger charge is 2.05. The second kappa shape index (κ2) is 14.0. The molecule has 1 N–H and O–H groups in total. The number of guanidine groups is 1. The summed E-state index contributed by atoms with van der Waals surface area (Å²) in [6.45, 7) is 5.69. The molecule has 0 saturated carbocycles. The molecule has 0 spiro atoms. The smallest absolute Gasteiger partial charge is 0.250 e. The van der Waals surface area contributed by atoms with E-state index in [1.54, 1.807) is 16.7 Å². The highest BCUT2D eigenvalue weighted by molar-refractivity contribution is 14.0. The van der Waals surface area contributed by atoms with E-state index in [-0.39, 0.29) is 29.5 Å². The molecule has 0 amide bonds. The van der Waals surface area contributed by atoms with E-state index in [0.717, 1.165) is 50.7 Å². The summed E-state index contributed by atoms with van der Waals surface area (Å²) in [5.41, 5.74) is 0.0486. The second-order valence-electron chi connectivity index (χ2n) is 6.26. The highest BCUT2D eigenvalue weighted by Crippen LogP contribution is 2.07. The van der Waals surface area contributed by atoms with Gasteiger partial charge in [-0.05, 0) is 38.0 Å². The largest absolute Gasteiger partial charge is 0.492 e. The first-order valence-electron chi connectivity index (χ1n) is 9.53. The highest BCUT2D eigenvalue weighted by atomic mass is 127. The molecule has 0 aliphatic rings. The molecule has 0 unspecified atom stereocenters. The van der Waals surface area contributed by atoms with Crippen LogP contribution in [-0.4, -0.2) is 48.7 Å². The predicted octanol–water partition coefficient (Wildman–Crippen LogP) is 3.22. The van der Waals surface area contributed by atoms with Crippen molar-refractivity contribution in [2.45, 2.75) is 26.3 Å². The molecule has 28 heavy (non-hydrogen) atoms. The maximum Gasteiger partial charge on any atom is 0.250 e. The van der Waals surface area contributed by atoms with Crippen LogP contribution in [0.4, 0.5) is 0 Å². The van der Waals surface area contributed by atoms with Gasteiger partial charge < -0.3 is 19.5 Å². The lowest BCUT2D eigenvalue weighted by atomic mass is 10.3. The van der Waals surface area contributed by atoms with E-state index >= 15 is 0 Å². The minimum absolute atomic E-state index is 0. The molecule has 0 aliphatic carbocycles. The van der Waals surface area contributed by atoms with E-state index in [2.05, 4.69) is 22.1 Å². The Bertz CT molecular complexity index is 749. The predicted molar refractivity (Wildman–Crippen MR) is 126 cm³/mol. The van der Waals surface area contributed by atoms with E-state index in [1.807, 2.05) is 49.6 Å². The van der Waals surface area contributed by atoms with E-state index < -0.39 is 0 Å². The first-order valence-corrected chi connectivity index (χ1v) is 9.53. The number of hydrogen-bond acceptors (Lipinski definition) is 3. The van der Waals surface area contributed by atoms with Crippen molar-refractivity contribution in [1.82, 2.24) is 14.8 Å². The fourth-order valence-electron chi connectivity index (χ4n) is 2.62. The number of para-hydroxylation sites is 1. The van der Waals surface area contributed by atoms with Crippen molar-refractivity contribution in [2.75, 3.05) is 33.3 Å². The van der Waals surface area contributed by atoms with Gasteiger partial charge in [0.1, 0.15) is 12.4 Å².